The molecule has 1 atom stereocenters. The van der Waals surface area contributed by atoms with Crippen LogP contribution in [-0.4, -0.2) is 56.8 Å². The predicted octanol–water partition coefficient (Wildman–Crippen LogP) is 1.27. The van der Waals surface area contributed by atoms with Crippen LogP contribution in [0.1, 0.15) is 51.9 Å². The average molecular weight is 332 g/mol. The molecule has 1 N–H and O–H groups in total. The molecule has 0 aromatic heterocycles. The maximum atomic E-state index is 12.1. The second kappa shape index (κ2) is 8.26. The molecule has 2 fully saturated rings. The van der Waals surface area contributed by atoms with E-state index in [2.05, 4.69) is 9.62 Å². The van der Waals surface area contributed by atoms with Gasteiger partial charge in [-0.3, -0.25) is 9.69 Å². The highest BCUT2D eigenvalue weighted by Gasteiger charge is 2.31. The molecule has 1 saturated carbocycles. The highest BCUT2D eigenvalue weighted by molar-refractivity contribution is 7.89. The van der Waals surface area contributed by atoms with Crippen LogP contribution in [0.2, 0.25) is 0 Å². The monoisotopic (exact) mass is 332 g/mol. The van der Waals surface area contributed by atoms with Crippen LogP contribution in [0.4, 0.5) is 0 Å². The van der Waals surface area contributed by atoms with Crippen LogP contribution in [-0.2, 0) is 19.6 Å². The number of nitrogens with one attached hydrogen (secondary N) is 1. The van der Waals surface area contributed by atoms with Crippen LogP contribution in [0.3, 0.4) is 0 Å². The lowest BCUT2D eigenvalue weighted by molar-refractivity contribution is -0.143. The number of carbonyl (C=O) groups excluding carboxylic acids is 1. The number of sulfonamides is 1. The number of nitrogens with zero attached hydrogens (tertiary/aromatic N) is 1. The number of ether oxygens (including phenoxy) is 1. The Kier molecular flexibility index (Phi) is 6.65. The van der Waals surface area contributed by atoms with Gasteiger partial charge in [0, 0.05) is 31.6 Å². The Labute approximate surface area is 133 Å². The quantitative estimate of drug-likeness (QED) is 0.677. The molecule has 1 aliphatic heterocycles. The van der Waals surface area contributed by atoms with Crippen molar-refractivity contribution in [3.05, 3.63) is 0 Å². The summed E-state index contributed by atoms with van der Waals surface area (Å²) in [5.74, 6) is -0.336. The van der Waals surface area contributed by atoms with E-state index in [0.717, 1.165) is 19.5 Å². The SMILES string of the molecule is CCOC(=O)CCCS(=O)(=O)NC1CCN(C2CCCC2)C1. The van der Waals surface area contributed by atoms with E-state index in [0.29, 0.717) is 19.1 Å². The molecule has 22 heavy (non-hydrogen) atoms. The van der Waals surface area contributed by atoms with Gasteiger partial charge in [-0.25, -0.2) is 13.1 Å². The van der Waals surface area contributed by atoms with Gasteiger partial charge in [0.1, 0.15) is 0 Å². The summed E-state index contributed by atoms with van der Waals surface area (Å²) in [5, 5.41) is 0. The van der Waals surface area contributed by atoms with Gasteiger partial charge < -0.3 is 4.74 Å². The van der Waals surface area contributed by atoms with E-state index in [4.69, 9.17) is 4.74 Å². The number of hydrogen-bond acceptors (Lipinski definition) is 5. The summed E-state index contributed by atoms with van der Waals surface area (Å²) >= 11 is 0. The van der Waals surface area contributed by atoms with Gasteiger partial charge in [0.2, 0.25) is 10.0 Å². The predicted molar refractivity (Wildman–Crippen MR) is 85.0 cm³/mol. The van der Waals surface area contributed by atoms with Gasteiger partial charge in [0.05, 0.1) is 12.4 Å². The molecule has 2 rings (SSSR count). The minimum absolute atomic E-state index is 0.00819. The smallest absolute Gasteiger partial charge is 0.305 e. The Morgan fingerprint density at radius 1 is 1.27 bits per heavy atom. The van der Waals surface area contributed by atoms with Crippen LogP contribution in [0.25, 0.3) is 0 Å². The number of esters is 1. The fraction of sp³-hybridized carbons (Fsp3) is 0.933. The molecule has 7 heteroatoms. The van der Waals surface area contributed by atoms with Gasteiger partial charge in [-0.2, -0.15) is 0 Å². The third-order valence-electron chi connectivity index (χ3n) is 4.51. The third-order valence-corrected chi connectivity index (χ3v) is 6.02. The van der Waals surface area contributed by atoms with Gasteiger partial charge in [-0.15, -0.1) is 0 Å². The summed E-state index contributed by atoms with van der Waals surface area (Å²) in [6, 6.07) is 0.673. The zero-order valence-electron chi connectivity index (χ0n) is 13.4. The zero-order valence-corrected chi connectivity index (χ0v) is 14.2. The van der Waals surface area contributed by atoms with E-state index in [9.17, 15) is 13.2 Å². The van der Waals surface area contributed by atoms with Gasteiger partial charge in [-0.1, -0.05) is 12.8 Å². The summed E-state index contributed by atoms with van der Waals surface area (Å²) in [6.45, 7) is 3.89. The van der Waals surface area contributed by atoms with Crippen molar-refractivity contribution < 1.29 is 17.9 Å². The van der Waals surface area contributed by atoms with Crippen molar-refractivity contribution in [2.45, 2.75) is 64.0 Å². The van der Waals surface area contributed by atoms with Crippen LogP contribution >= 0.6 is 0 Å². The minimum atomic E-state index is -3.31. The van der Waals surface area contributed by atoms with E-state index in [-0.39, 0.29) is 24.2 Å². The van der Waals surface area contributed by atoms with Crippen molar-refractivity contribution in [3.63, 3.8) is 0 Å². The van der Waals surface area contributed by atoms with Gasteiger partial charge in [0.25, 0.3) is 0 Å². The fourth-order valence-electron chi connectivity index (χ4n) is 3.44. The average Bonchev–Trinajstić information content (AvgIpc) is 3.08. The standard InChI is InChI=1S/C15H28N2O4S/c1-2-21-15(18)8-5-11-22(19,20)16-13-9-10-17(12-13)14-6-3-4-7-14/h13-14,16H,2-12H2,1H3. The summed E-state index contributed by atoms with van der Waals surface area (Å²) in [4.78, 5) is 13.6. The van der Waals surface area contributed by atoms with Crippen molar-refractivity contribution in [3.8, 4) is 0 Å². The summed E-state index contributed by atoms with van der Waals surface area (Å²) in [6.07, 6.45) is 6.45. The molecular formula is C15H28N2O4S. The largest absolute Gasteiger partial charge is 0.466 e. The molecule has 1 saturated heterocycles. The molecule has 2 aliphatic rings. The molecule has 0 aromatic rings. The first kappa shape index (κ1) is 17.7. The Balaban J connectivity index is 1.69. The lowest BCUT2D eigenvalue weighted by atomic mass is 10.2. The van der Waals surface area contributed by atoms with E-state index in [1.807, 2.05) is 0 Å². The first-order valence-electron chi connectivity index (χ1n) is 8.40. The van der Waals surface area contributed by atoms with E-state index in [1.165, 1.54) is 25.7 Å². The van der Waals surface area contributed by atoms with Gasteiger partial charge in [-0.05, 0) is 32.6 Å². The molecule has 0 radical (unpaired) electrons. The minimum Gasteiger partial charge on any atom is -0.466 e. The van der Waals surface area contributed by atoms with E-state index >= 15 is 0 Å². The number of carbonyl (C=O) groups is 1. The Bertz CT molecular complexity index is 460. The highest BCUT2D eigenvalue weighted by Crippen LogP contribution is 2.26. The van der Waals surface area contributed by atoms with Crippen molar-refractivity contribution in [2.24, 2.45) is 0 Å². The van der Waals surface area contributed by atoms with Crippen LogP contribution < -0.4 is 4.72 Å². The first-order valence-corrected chi connectivity index (χ1v) is 10.0. The van der Waals surface area contributed by atoms with Crippen LogP contribution in [0.15, 0.2) is 0 Å². The van der Waals surface area contributed by atoms with Crippen LogP contribution in [0, 0.1) is 0 Å². The fourth-order valence-corrected chi connectivity index (χ4v) is 4.78. The lowest BCUT2D eigenvalue weighted by Gasteiger charge is -2.23. The second-order valence-corrected chi connectivity index (χ2v) is 8.14. The van der Waals surface area contributed by atoms with E-state index in [1.54, 1.807) is 6.92 Å². The maximum absolute atomic E-state index is 12.1. The maximum Gasteiger partial charge on any atom is 0.305 e. The Morgan fingerprint density at radius 3 is 2.68 bits per heavy atom. The lowest BCUT2D eigenvalue weighted by Crippen LogP contribution is -2.40. The Hall–Kier alpha value is -0.660. The summed E-state index contributed by atoms with van der Waals surface area (Å²) in [5.41, 5.74) is 0. The van der Waals surface area contributed by atoms with Crippen molar-refractivity contribution >= 4 is 16.0 Å². The number of likely N-dealkylation sites (tertiary alicyclic amines) is 1. The van der Waals surface area contributed by atoms with Crippen molar-refractivity contribution in [1.29, 1.82) is 0 Å². The molecular weight excluding hydrogens is 304 g/mol. The molecule has 0 spiro atoms. The molecule has 1 aliphatic carbocycles. The Morgan fingerprint density at radius 2 is 2.00 bits per heavy atom. The summed E-state index contributed by atoms with van der Waals surface area (Å²) < 4.78 is 31.7. The van der Waals surface area contributed by atoms with Gasteiger partial charge in [0.15, 0.2) is 0 Å². The van der Waals surface area contributed by atoms with Crippen molar-refractivity contribution in [1.82, 2.24) is 9.62 Å². The van der Waals surface area contributed by atoms with Gasteiger partial charge >= 0.3 is 5.97 Å². The van der Waals surface area contributed by atoms with Crippen molar-refractivity contribution in [2.75, 3.05) is 25.4 Å². The first-order chi connectivity index (χ1) is 10.5. The molecule has 128 valence electrons. The number of hydrogen-bond donors (Lipinski definition) is 1. The van der Waals surface area contributed by atoms with E-state index < -0.39 is 10.0 Å². The molecule has 0 aromatic carbocycles. The topological polar surface area (TPSA) is 75.7 Å². The van der Waals surface area contributed by atoms with Crippen LogP contribution in [0.5, 0.6) is 0 Å². The summed E-state index contributed by atoms with van der Waals surface area (Å²) in [7, 11) is -3.31. The highest BCUT2D eigenvalue weighted by atomic mass is 32.2. The molecule has 6 nitrogen and oxygen atoms in total. The number of rotatable bonds is 8. The molecule has 0 bridgehead atoms. The normalized spacial score (nSPS) is 24.0. The molecule has 0 amide bonds. The third kappa shape index (κ3) is 5.52. The second-order valence-electron chi connectivity index (χ2n) is 6.26. The molecule has 1 unspecified atom stereocenters. The zero-order chi connectivity index (χ0) is 16.0. The molecule has 1 heterocycles.